The van der Waals surface area contributed by atoms with E-state index in [1.807, 2.05) is 0 Å². The molecule has 0 radical (unpaired) electrons. The molecule has 0 spiro atoms. The predicted octanol–water partition coefficient (Wildman–Crippen LogP) is 3.92. The number of carbonyl (C=O) groups is 2. The number of nitrogens with one attached hydrogen (secondary N) is 3. The second-order valence-corrected chi connectivity index (χ2v) is 7.30. The Kier molecular flexibility index (Phi) is 9.21. The average molecular weight is 402 g/mol. The highest BCUT2D eigenvalue weighted by atomic mass is 16.3. The lowest BCUT2D eigenvalue weighted by Crippen LogP contribution is -2.43. The quantitative estimate of drug-likeness (QED) is 0.338. The van der Waals surface area contributed by atoms with Crippen LogP contribution in [0.25, 0.3) is 10.9 Å². The standard InChI is InChI=1S/C22H31N3O4/c1-2-3-4-5-6-7-8-9-10-15-18(26)24-25-22(29)19-20(27)16-13-11-12-14-17(16)23-21(19)28/h11-14H,2-10,15H2,1H3,(H,24,26)(H,25,29)(H2,23,27,28). The highest BCUT2D eigenvalue weighted by molar-refractivity contribution is 6.02. The Balaban J connectivity index is 1.72. The number of hydrogen-bond donors (Lipinski definition) is 4. The van der Waals surface area contributed by atoms with E-state index in [4.69, 9.17) is 0 Å². The Hall–Kier alpha value is -2.83. The molecular weight excluding hydrogens is 370 g/mol. The number of hydrazine groups is 1. The SMILES string of the molecule is CCCCCCCCCCCC(=O)NNC(=O)c1c(O)c2ccccc2[nH]c1=O. The van der Waals surface area contributed by atoms with Gasteiger partial charge < -0.3 is 10.1 Å². The van der Waals surface area contributed by atoms with Crippen LogP contribution in [-0.2, 0) is 4.79 Å². The largest absolute Gasteiger partial charge is 0.506 e. The van der Waals surface area contributed by atoms with E-state index in [1.54, 1.807) is 24.3 Å². The molecule has 0 unspecified atom stereocenters. The molecule has 1 aromatic carbocycles. The maximum atomic E-state index is 12.3. The molecule has 2 amide bonds. The van der Waals surface area contributed by atoms with Crippen LogP contribution in [0.1, 0.15) is 81.5 Å². The zero-order chi connectivity index (χ0) is 21.1. The molecule has 7 nitrogen and oxygen atoms in total. The molecule has 7 heteroatoms. The molecule has 158 valence electrons. The van der Waals surface area contributed by atoms with E-state index >= 15 is 0 Å². The summed E-state index contributed by atoms with van der Waals surface area (Å²) < 4.78 is 0. The van der Waals surface area contributed by atoms with Gasteiger partial charge in [-0.3, -0.25) is 25.2 Å². The van der Waals surface area contributed by atoms with Crippen LogP contribution in [0.2, 0.25) is 0 Å². The Morgan fingerprint density at radius 2 is 1.55 bits per heavy atom. The predicted molar refractivity (Wildman–Crippen MR) is 114 cm³/mol. The van der Waals surface area contributed by atoms with Crippen molar-refractivity contribution in [3.8, 4) is 5.75 Å². The third kappa shape index (κ3) is 6.93. The van der Waals surface area contributed by atoms with Gasteiger partial charge in [0.2, 0.25) is 5.91 Å². The topological polar surface area (TPSA) is 111 Å². The molecule has 0 saturated carbocycles. The average Bonchev–Trinajstić information content (AvgIpc) is 2.71. The number of rotatable bonds is 11. The molecule has 0 saturated heterocycles. The number of aromatic nitrogens is 1. The van der Waals surface area contributed by atoms with Crippen molar-refractivity contribution in [3.05, 3.63) is 40.2 Å². The van der Waals surface area contributed by atoms with Crippen LogP contribution in [0.4, 0.5) is 0 Å². The summed E-state index contributed by atoms with van der Waals surface area (Å²) in [5.41, 5.74) is 3.81. The summed E-state index contributed by atoms with van der Waals surface area (Å²) in [5, 5.41) is 10.6. The fourth-order valence-corrected chi connectivity index (χ4v) is 3.28. The van der Waals surface area contributed by atoms with E-state index in [0.717, 1.165) is 19.3 Å². The summed E-state index contributed by atoms with van der Waals surface area (Å²) in [6, 6.07) is 6.63. The van der Waals surface area contributed by atoms with Crippen molar-refractivity contribution >= 4 is 22.7 Å². The molecule has 0 aliphatic carbocycles. The Bertz CT molecular complexity index is 876. The molecular formula is C22H31N3O4. The summed E-state index contributed by atoms with van der Waals surface area (Å²) >= 11 is 0. The molecule has 2 rings (SSSR count). The molecule has 4 N–H and O–H groups in total. The zero-order valence-electron chi connectivity index (χ0n) is 17.1. The van der Waals surface area contributed by atoms with Crippen molar-refractivity contribution in [2.75, 3.05) is 0 Å². The van der Waals surface area contributed by atoms with Crippen LogP contribution in [0.3, 0.4) is 0 Å². The van der Waals surface area contributed by atoms with E-state index in [-0.39, 0.29) is 5.91 Å². The maximum Gasteiger partial charge on any atom is 0.279 e. The van der Waals surface area contributed by atoms with Gasteiger partial charge in [0.05, 0.1) is 5.52 Å². The third-order valence-electron chi connectivity index (χ3n) is 4.94. The summed E-state index contributed by atoms with van der Waals surface area (Å²) in [5.74, 6) is -1.58. The van der Waals surface area contributed by atoms with E-state index in [2.05, 4.69) is 22.8 Å². The number of para-hydroxylation sites is 1. The lowest BCUT2D eigenvalue weighted by molar-refractivity contribution is -0.122. The van der Waals surface area contributed by atoms with E-state index in [9.17, 15) is 19.5 Å². The minimum Gasteiger partial charge on any atom is -0.506 e. The second-order valence-electron chi connectivity index (χ2n) is 7.30. The minimum absolute atomic E-state index is 0.302. The normalized spacial score (nSPS) is 10.8. The van der Waals surface area contributed by atoms with Crippen molar-refractivity contribution in [3.63, 3.8) is 0 Å². The van der Waals surface area contributed by atoms with Crippen molar-refractivity contribution in [2.24, 2.45) is 0 Å². The molecule has 2 aromatic rings. The van der Waals surface area contributed by atoms with Gasteiger partial charge in [-0.25, -0.2) is 0 Å². The number of benzene rings is 1. The van der Waals surface area contributed by atoms with Crippen molar-refractivity contribution < 1.29 is 14.7 Å². The number of H-pyrrole nitrogens is 1. The zero-order valence-corrected chi connectivity index (χ0v) is 17.1. The van der Waals surface area contributed by atoms with Gasteiger partial charge in [0.15, 0.2) is 0 Å². The minimum atomic E-state index is -0.852. The highest BCUT2D eigenvalue weighted by Gasteiger charge is 2.19. The summed E-state index contributed by atoms with van der Waals surface area (Å²) in [6.45, 7) is 2.20. The molecule has 0 atom stereocenters. The summed E-state index contributed by atoms with van der Waals surface area (Å²) in [4.78, 5) is 38.8. The molecule has 0 fully saturated rings. The van der Waals surface area contributed by atoms with Gasteiger partial charge in [-0.15, -0.1) is 0 Å². The first-order valence-electron chi connectivity index (χ1n) is 10.5. The number of aromatic hydroxyl groups is 1. The van der Waals surface area contributed by atoms with Crippen molar-refractivity contribution in [1.82, 2.24) is 15.8 Å². The fraction of sp³-hybridized carbons (Fsp3) is 0.500. The van der Waals surface area contributed by atoms with Crippen molar-refractivity contribution in [2.45, 2.75) is 71.1 Å². The Morgan fingerprint density at radius 3 is 2.24 bits per heavy atom. The van der Waals surface area contributed by atoms with Crippen LogP contribution in [-0.4, -0.2) is 21.9 Å². The first kappa shape index (κ1) is 22.5. The number of unbranched alkanes of at least 4 members (excludes halogenated alkanes) is 8. The highest BCUT2D eigenvalue weighted by Crippen LogP contribution is 2.24. The van der Waals surface area contributed by atoms with Gasteiger partial charge in [0.25, 0.3) is 11.5 Å². The second kappa shape index (κ2) is 11.9. The monoisotopic (exact) mass is 401 g/mol. The number of amides is 2. The lowest BCUT2D eigenvalue weighted by atomic mass is 10.1. The van der Waals surface area contributed by atoms with Crippen LogP contribution < -0.4 is 16.4 Å². The molecule has 0 aliphatic heterocycles. The van der Waals surface area contributed by atoms with Gasteiger partial charge in [0, 0.05) is 11.8 Å². The number of fused-ring (bicyclic) bond motifs is 1. The van der Waals surface area contributed by atoms with Gasteiger partial charge in [-0.2, -0.15) is 0 Å². The molecule has 1 heterocycles. The maximum absolute atomic E-state index is 12.3. The first-order chi connectivity index (χ1) is 14.0. The third-order valence-corrected chi connectivity index (χ3v) is 4.94. The van der Waals surface area contributed by atoms with Crippen LogP contribution >= 0.6 is 0 Å². The van der Waals surface area contributed by atoms with Crippen LogP contribution in [0, 0.1) is 0 Å². The number of carbonyl (C=O) groups excluding carboxylic acids is 2. The Labute approximate surface area is 170 Å². The molecule has 0 aliphatic rings. The molecule has 29 heavy (non-hydrogen) atoms. The van der Waals surface area contributed by atoms with Gasteiger partial charge in [0.1, 0.15) is 11.3 Å². The number of pyridine rings is 1. The first-order valence-corrected chi connectivity index (χ1v) is 10.5. The van der Waals surface area contributed by atoms with Gasteiger partial charge >= 0.3 is 0 Å². The van der Waals surface area contributed by atoms with Gasteiger partial charge in [-0.05, 0) is 18.6 Å². The van der Waals surface area contributed by atoms with Crippen molar-refractivity contribution in [1.29, 1.82) is 0 Å². The van der Waals surface area contributed by atoms with E-state index in [0.29, 0.717) is 17.3 Å². The van der Waals surface area contributed by atoms with Crippen LogP contribution in [0.5, 0.6) is 5.75 Å². The molecule has 1 aromatic heterocycles. The number of aromatic amines is 1. The smallest absolute Gasteiger partial charge is 0.279 e. The van der Waals surface area contributed by atoms with Gasteiger partial charge in [-0.1, -0.05) is 70.4 Å². The lowest BCUT2D eigenvalue weighted by Gasteiger charge is -2.09. The number of hydrogen-bond acceptors (Lipinski definition) is 4. The van der Waals surface area contributed by atoms with E-state index in [1.165, 1.54) is 38.5 Å². The van der Waals surface area contributed by atoms with E-state index < -0.39 is 22.8 Å². The molecule has 0 bridgehead atoms. The van der Waals surface area contributed by atoms with Crippen LogP contribution in [0.15, 0.2) is 29.1 Å². The summed E-state index contributed by atoms with van der Waals surface area (Å²) in [6.07, 6.45) is 10.7. The fourth-order valence-electron chi connectivity index (χ4n) is 3.28. The Morgan fingerprint density at radius 1 is 0.931 bits per heavy atom. The summed E-state index contributed by atoms with van der Waals surface area (Å²) in [7, 11) is 0.